The van der Waals surface area contributed by atoms with Crippen LogP contribution in [0.15, 0.2) is 34.0 Å². The first-order valence-electron chi connectivity index (χ1n) is 10.3. The van der Waals surface area contributed by atoms with E-state index in [4.69, 9.17) is 5.26 Å². The summed E-state index contributed by atoms with van der Waals surface area (Å²) in [6, 6.07) is 8.05. The van der Waals surface area contributed by atoms with E-state index in [-0.39, 0.29) is 22.8 Å². The molecule has 1 aromatic heterocycles. The molecule has 1 amide bonds. The van der Waals surface area contributed by atoms with Crippen molar-refractivity contribution in [2.75, 3.05) is 38.5 Å². The van der Waals surface area contributed by atoms with Crippen molar-refractivity contribution in [2.45, 2.75) is 31.6 Å². The van der Waals surface area contributed by atoms with Crippen molar-refractivity contribution < 1.29 is 13.2 Å². The number of carbonyl (C=O) groups excluding carboxylic acids is 1. The third kappa shape index (κ3) is 5.07. The maximum absolute atomic E-state index is 12.8. The fourth-order valence-corrected chi connectivity index (χ4v) is 5.19. The zero-order valence-electron chi connectivity index (χ0n) is 18.4. The van der Waals surface area contributed by atoms with E-state index >= 15 is 0 Å². The Morgan fingerprint density at radius 1 is 1.16 bits per heavy atom. The van der Waals surface area contributed by atoms with Crippen LogP contribution in [0.25, 0.3) is 0 Å². The van der Waals surface area contributed by atoms with Gasteiger partial charge in [-0.05, 0) is 62.7 Å². The summed E-state index contributed by atoms with van der Waals surface area (Å²) in [4.78, 5) is 29.2. The van der Waals surface area contributed by atoms with Gasteiger partial charge in [0.25, 0.3) is 5.56 Å². The number of aromatic nitrogens is 1. The zero-order valence-corrected chi connectivity index (χ0v) is 19.3. The molecular formula is C22H27N5O4S. The van der Waals surface area contributed by atoms with E-state index in [2.05, 4.69) is 15.2 Å². The number of hydrogen-bond donors (Lipinski definition) is 2. The molecular weight excluding hydrogens is 430 g/mol. The molecule has 2 heterocycles. The summed E-state index contributed by atoms with van der Waals surface area (Å²) in [6.45, 7) is 5.73. The minimum absolute atomic E-state index is 0.0585. The highest BCUT2D eigenvalue weighted by Gasteiger charge is 2.27. The minimum Gasteiger partial charge on any atom is -0.326 e. The van der Waals surface area contributed by atoms with Crippen molar-refractivity contribution >= 4 is 21.6 Å². The van der Waals surface area contributed by atoms with Gasteiger partial charge in [0, 0.05) is 44.0 Å². The van der Waals surface area contributed by atoms with Crippen LogP contribution in [0.1, 0.15) is 28.8 Å². The molecule has 1 aliphatic heterocycles. The van der Waals surface area contributed by atoms with Gasteiger partial charge in [0.15, 0.2) is 0 Å². The quantitative estimate of drug-likeness (QED) is 0.675. The number of piperazine rings is 1. The molecule has 0 aliphatic carbocycles. The molecule has 0 spiro atoms. The highest BCUT2D eigenvalue weighted by atomic mass is 32.2. The van der Waals surface area contributed by atoms with Crippen molar-refractivity contribution in [3.8, 4) is 6.07 Å². The molecule has 3 rings (SSSR count). The van der Waals surface area contributed by atoms with Gasteiger partial charge in [-0.1, -0.05) is 0 Å². The second-order valence-corrected chi connectivity index (χ2v) is 9.89. The predicted octanol–water partition coefficient (Wildman–Crippen LogP) is 1.37. The van der Waals surface area contributed by atoms with Crippen LogP contribution in [0.3, 0.4) is 0 Å². The average molecular weight is 458 g/mol. The van der Waals surface area contributed by atoms with E-state index < -0.39 is 15.6 Å². The summed E-state index contributed by atoms with van der Waals surface area (Å²) in [6.07, 6.45) is 0.519. The number of anilines is 1. The summed E-state index contributed by atoms with van der Waals surface area (Å²) in [7, 11) is -1.60. The zero-order chi connectivity index (χ0) is 23.5. The van der Waals surface area contributed by atoms with Gasteiger partial charge in [0.2, 0.25) is 15.9 Å². The first kappa shape index (κ1) is 23.7. The highest BCUT2D eigenvalue weighted by molar-refractivity contribution is 7.89. The lowest BCUT2D eigenvalue weighted by molar-refractivity contribution is -0.116. The number of likely N-dealkylation sites (N-methyl/N-ethyl adjacent to an activating group) is 1. The number of nitriles is 1. The van der Waals surface area contributed by atoms with Gasteiger partial charge in [-0.3, -0.25) is 9.59 Å². The molecule has 2 N–H and O–H groups in total. The first-order chi connectivity index (χ1) is 15.1. The lowest BCUT2D eigenvalue weighted by Crippen LogP contribution is -2.46. The van der Waals surface area contributed by atoms with E-state index in [1.165, 1.54) is 16.4 Å². The number of benzene rings is 1. The van der Waals surface area contributed by atoms with Crippen LogP contribution < -0.4 is 10.9 Å². The van der Waals surface area contributed by atoms with Crippen molar-refractivity contribution in [1.29, 1.82) is 5.26 Å². The average Bonchev–Trinajstić information content (AvgIpc) is 2.74. The molecule has 0 atom stereocenters. The molecule has 0 saturated carbocycles. The van der Waals surface area contributed by atoms with Gasteiger partial charge < -0.3 is 15.2 Å². The van der Waals surface area contributed by atoms with Gasteiger partial charge in [0.05, 0.1) is 4.90 Å². The number of nitrogens with zero attached hydrogens (tertiary/aromatic N) is 3. The number of nitrogens with one attached hydrogen (secondary N) is 2. The summed E-state index contributed by atoms with van der Waals surface area (Å²) < 4.78 is 27.1. The van der Waals surface area contributed by atoms with Crippen LogP contribution in [0, 0.1) is 25.2 Å². The Hall–Kier alpha value is -3.00. The second-order valence-electron chi connectivity index (χ2n) is 7.95. The molecule has 2 aromatic rings. The third-order valence-electron chi connectivity index (χ3n) is 5.76. The van der Waals surface area contributed by atoms with E-state index in [0.717, 1.165) is 5.56 Å². The highest BCUT2D eigenvalue weighted by Crippen LogP contribution is 2.20. The Labute approximate surface area is 187 Å². The van der Waals surface area contributed by atoms with Crippen LogP contribution in [0.5, 0.6) is 0 Å². The standard InChI is InChI=1S/C22H27N5O4S/c1-15-19(16(2)24-22(29)20(15)14-23)8-9-21(28)25-17-4-6-18(7-5-17)32(30,31)27-12-10-26(3)11-13-27/h4-7H,8-13H2,1-3H3,(H,24,29)(H,25,28). The predicted molar refractivity (Wildman–Crippen MR) is 121 cm³/mol. The van der Waals surface area contributed by atoms with E-state index in [1.807, 2.05) is 13.1 Å². The third-order valence-corrected chi connectivity index (χ3v) is 7.67. The Kier molecular flexibility index (Phi) is 7.13. The number of pyridine rings is 1. The monoisotopic (exact) mass is 457 g/mol. The smallest absolute Gasteiger partial charge is 0.266 e. The maximum atomic E-state index is 12.8. The van der Waals surface area contributed by atoms with Crippen LogP contribution in [0.2, 0.25) is 0 Å². The fourth-order valence-electron chi connectivity index (χ4n) is 3.77. The Balaban J connectivity index is 1.63. The number of H-pyrrole nitrogens is 1. The summed E-state index contributed by atoms with van der Waals surface area (Å²) >= 11 is 0. The first-order valence-corrected chi connectivity index (χ1v) is 11.8. The molecule has 0 radical (unpaired) electrons. The van der Waals surface area contributed by atoms with Crippen molar-refractivity contribution in [1.82, 2.24) is 14.2 Å². The fraction of sp³-hybridized carbons (Fsp3) is 0.409. The number of sulfonamides is 1. The molecule has 170 valence electrons. The Morgan fingerprint density at radius 2 is 1.78 bits per heavy atom. The van der Waals surface area contributed by atoms with Crippen LogP contribution in [-0.4, -0.2) is 61.7 Å². The van der Waals surface area contributed by atoms with E-state index in [0.29, 0.717) is 49.5 Å². The summed E-state index contributed by atoms with van der Waals surface area (Å²) in [5.41, 5.74) is 2.12. The van der Waals surface area contributed by atoms with Crippen LogP contribution >= 0.6 is 0 Å². The van der Waals surface area contributed by atoms with Gasteiger partial charge in [-0.25, -0.2) is 8.42 Å². The van der Waals surface area contributed by atoms with E-state index in [9.17, 15) is 18.0 Å². The van der Waals surface area contributed by atoms with Gasteiger partial charge in [-0.15, -0.1) is 0 Å². The molecule has 10 heteroatoms. The van der Waals surface area contributed by atoms with Crippen molar-refractivity contribution in [3.63, 3.8) is 0 Å². The molecule has 0 bridgehead atoms. The lowest BCUT2D eigenvalue weighted by Gasteiger charge is -2.31. The number of carbonyl (C=O) groups is 1. The molecule has 0 unspecified atom stereocenters. The lowest BCUT2D eigenvalue weighted by atomic mass is 9.99. The molecule has 9 nitrogen and oxygen atoms in total. The number of aryl methyl sites for hydroxylation is 1. The van der Waals surface area contributed by atoms with Crippen LogP contribution in [0.4, 0.5) is 5.69 Å². The van der Waals surface area contributed by atoms with Gasteiger partial charge in [-0.2, -0.15) is 9.57 Å². The largest absolute Gasteiger partial charge is 0.326 e. The molecule has 32 heavy (non-hydrogen) atoms. The summed E-state index contributed by atoms with van der Waals surface area (Å²) in [5.74, 6) is -0.247. The number of aromatic amines is 1. The van der Waals surface area contributed by atoms with Crippen molar-refractivity contribution in [2.24, 2.45) is 0 Å². The Bertz CT molecular complexity index is 1200. The van der Waals surface area contributed by atoms with Crippen LogP contribution in [-0.2, 0) is 21.2 Å². The molecule has 1 aliphatic rings. The minimum atomic E-state index is -3.56. The van der Waals surface area contributed by atoms with E-state index in [1.54, 1.807) is 26.0 Å². The second kappa shape index (κ2) is 9.65. The molecule has 1 saturated heterocycles. The molecule has 1 aromatic carbocycles. The van der Waals surface area contributed by atoms with Crippen molar-refractivity contribution in [3.05, 3.63) is 57.0 Å². The number of hydrogen-bond acceptors (Lipinski definition) is 6. The topological polar surface area (TPSA) is 126 Å². The number of amides is 1. The van der Waals surface area contributed by atoms with Gasteiger partial charge in [0.1, 0.15) is 11.6 Å². The normalized spacial score (nSPS) is 15.3. The Morgan fingerprint density at radius 3 is 2.38 bits per heavy atom. The SMILES string of the molecule is Cc1[nH]c(=O)c(C#N)c(C)c1CCC(=O)Nc1ccc(S(=O)(=O)N2CCN(C)CC2)cc1. The summed E-state index contributed by atoms with van der Waals surface area (Å²) in [5, 5.41) is 11.9. The molecule has 1 fully saturated rings. The van der Waals surface area contributed by atoms with Gasteiger partial charge >= 0.3 is 0 Å². The maximum Gasteiger partial charge on any atom is 0.266 e. The number of rotatable bonds is 6.